The maximum atomic E-state index is 5.83. The molecule has 1 unspecified atom stereocenters. The van der Waals surface area contributed by atoms with E-state index in [9.17, 15) is 0 Å². The molecule has 0 saturated heterocycles. The minimum absolute atomic E-state index is 0.326. The molecule has 1 atom stereocenters. The largest absolute Gasteiger partial charge is 0.389 e. The average Bonchev–Trinajstić information content (AvgIpc) is 2.26. The van der Waals surface area contributed by atoms with Crippen molar-refractivity contribution in [1.82, 2.24) is 9.88 Å². The molecule has 1 aromatic heterocycles. The summed E-state index contributed by atoms with van der Waals surface area (Å²) in [5.41, 5.74) is 7.75. The van der Waals surface area contributed by atoms with Crippen LogP contribution in [0.15, 0.2) is 12.3 Å². The Balaban J connectivity index is 2.98. The van der Waals surface area contributed by atoms with Crippen molar-refractivity contribution >= 4 is 23.0 Å². The van der Waals surface area contributed by atoms with Crippen LogP contribution in [0.5, 0.6) is 0 Å². The van der Waals surface area contributed by atoms with Gasteiger partial charge in [-0.1, -0.05) is 26.1 Å². The molecular formula is C15H26N4S. The van der Waals surface area contributed by atoms with E-state index in [0.29, 0.717) is 16.9 Å². The SMILES string of the molecule is Cc1ccnc(NC(CC(C)C)CN(C)C)c1C(N)=S. The molecule has 5 heteroatoms. The number of aryl methyl sites for hydroxylation is 1. The van der Waals surface area contributed by atoms with Gasteiger partial charge in [-0.3, -0.25) is 0 Å². The number of aromatic nitrogens is 1. The summed E-state index contributed by atoms with van der Waals surface area (Å²) >= 11 is 5.15. The van der Waals surface area contributed by atoms with E-state index >= 15 is 0 Å². The molecule has 0 bridgehead atoms. The van der Waals surface area contributed by atoms with Gasteiger partial charge in [0, 0.05) is 18.8 Å². The molecule has 0 aliphatic carbocycles. The average molecular weight is 294 g/mol. The predicted molar refractivity (Wildman–Crippen MR) is 90.3 cm³/mol. The Bertz CT molecular complexity index is 447. The number of rotatable bonds is 7. The summed E-state index contributed by atoms with van der Waals surface area (Å²) in [7, 11) is 4.15. The lowest BCUT2D eigenvalue weighted by molar-refractivity contribution is 0.356. The molecule has 0 spiro atoms. The lowest BCUT2D eigenvalue weighted by atomic mass is 10.0. The molecular weight excluding hydrogens is 268 g/mol. The first-order chi connectivity index (χ1) is 9.31. The van der Waals surface area contributed by atoms with Crippen molar-refractivity contribution in [3.05, 3.63) is 23.4 Å². The van der Waals surface area contributed by atoms with Crippen LogP contribution in [0.2, 0.25) is 0 Å². The second-order valence-corrected chi connectivity index (χ2v) is 6.39. The zero-order valence-electron chi connectivity index (χ0n) is 13.1. The van der Waals surface area contributed by atoms with E-state index in [1.807, 2.05) is 13.0 Å². The lowest BCUT2D eigenvalue weighted by Crippen LogP contribution is -2.34. The summed E-state index contributed by atoms with van der Waals surface area (Å²) in [6.07, 6.45) is 2.87. The van der Waals surface area contributed by atoms with Crippen LogP contribution in [0.4, 0.5) is 5.82 Å². The fourth-order valence-corrected chi connectivity index (χ4v) is 2.62. The molecule has 20 heavy (non-hydrogen) atoms. The molecule has 0 fully saturated rings. The minimum Gasteiger partial charge on any atom is -0.389 e. The number of likely N-dealkylation sites (N-methyl/N-ethyl adjacent to an activating group) is 1. The van der Waals surface area contributed by atoms with E-state index in [4.69, 9.17) is 18.0 Å². The highest BCUT2D eigenvalue weighted by Gasteiger charge is 2.16. The number of pyridine rings is 1. The Morgan fingerprint density at radius 1 is 1.45 bits per heavy atom. The molecule has 1 heterocycles. The van der Waals surface area contributed by atoms with E-state index in [1.54, 1.807) is 6.20 Å². The number of anilines is 1. The number of nitrogens with two attached hydrogens (primary N) is 1. The second kappa shape index (κ2) is 7.55. The maximum Gasteiger partial charge on any atom is 0.136 e. The van der Waals surface area contributed by atoms with E-state index in [0.717, 1.165) is 29.9 Å². The number of thiocarbonyl (C=S) groups is 1. The Labute approximate surface area is 127 Å². The van der Waals surface area contributed by atoms with Crippen molar-refractivity contribution < 1.29 is 0 Å². The fraction of sp³-hybridized carbons (Fsp3) is 0.600. The van der Waals surface area contributed by atoms with Crippen molar-refractivity contribution in [2.45, 2.75) is 33.2 Å². The highest BCUT2D eigenvalue weighted by Crippen LogP contribution is 2.19. The Morgan fingerprint density at radius 3 is 2.60 bits per heavy atom. The summed E-state index contributed by atoms with van der Waals surface area (Å²) < 4.78 is 0. The third-order valence-electron chi connectivity index (χ3n) is 3.09. The smallest absolute Gasteiger partial charge is 0.136 e. The molecule has 4 nitrogen and oxygen atoms in total. The second-order valence-electron chi connectivity index (χ2n) is 5.95. The predicted octanol–water partition coefficient (Wildman–Crippen LogP) is 2.41. The van der Waals surface area contributed by atoms with Gasteiger partial charge in [0.2, 0.25) is 0 Å². The highest BCUT2D eigenvalue weighted by molar-refractivity contribution is 7.80. The molecule has 0 aliphatic rings. The summed E-state index contributed by atoms with van der Waals surface area (Å²) in [6.45, 7) is 7.40. The van der Waals surface area contributed by atoms with Gasteiger partial charge in [-0.25, -0.2) is 4.98 Å². The topological polar surface area (TPSA) is 54.2 Å². The van der Waals surface area contributed by atoms with Crippen LogP contribution >= 0.6 is 12.2 Å². The van der Waals surface area contributed by atoms with Gasteiger partial charge in [0.15, 0.2) is 0 Å². The van der Waals surface area contributed by atoms with Gasteiger partial charge in [0.05, 0.1) is 5.56 Å². The fourth-order valence-electron chi connectivity index (χ4n) is 2.36. The Morgan fingerprint density at radius 2 is 2.10 bits per heavy atom. The Kier molecular flexibility index (Phi) is 6.36. The molecule has 0 radical (unpaired) electrons. The van der Waals surface area contributed by atoms with Crippen LogP contribution in [0.3, 0.4) is 0 Å². The Hall–Kier alpha value is -1.20. The number of hydrogen-bond acceptors (Lipinski definition) is 4. The van der Waals surface area contributed by atoms with Crippen molar-refractivity contribution in [2.75, 3.05) is 26.0 Å². The highest BCUT2D eigenvalue weighted by atomic mass is 32.1. The first kappa shape index (κ1) is 16.9. The minimum atomic E-state index is 0.326. The van der Waals surface area contributed by atoms with Gasteiger partial charge in [-0.15, -0.1) is 0 Å². The van der Waals surface area contributed by atoms with Gasteiger partial charge < -0.3 is 16.0 Å². The monoisotopic (exact) mass is 294 g/mol. The van der Waals surface area contributed by atoms with Crippen LogP contribution < -0.4 is 11.1 Å². The molecule has 0 aliphatic heterocycles. The van der Waals surface area contributed by atoms with E-state index in [2.05, 4.69) is 43.1 Å². The number of nitrogens with one attached hydrogen (secondary N) is 1. The normalized spacial score (nSPS) is 12.8. The summed E-state index contributed by atoms with van der Waals surface area (Å²) in [5, 5.41) is 3.51. The molecule has 3 N–H and O–H groups in total. The van der Waals surface area contributed by atoms with Crippen LogP contribution in [-0.2, 0) is 0 Å². The summed E-state index contributed by atoms with van der Waals surface area (Å²) in [6, 6.07) is 2.26. The third kappa shape index (κ3) is 5.06. The third-order valence-corrected chi connectivity index (χ3v) is 3.29. The lowest BCUT2D eigenvalue weighted by Gasteiger charge is -2.25. The molecule has 0 aromatic carbocycles. The maximum absolute atomic E-state index is 5.83. The van der Waals surface area contributed by atoms with Gasteiger partial charge >= 0.3 is 0 Å². The van der Waals surface area contributed by atoms with E-state index in [1.165, 1.54) is 0 Å². The quantitative estimate of drug-likeness (QED) is 0.756. The number of nitrogens with zero attached hydrogens (tertiary/aromatic N) is 2. The standard InChI is InChI=1S/C15H26N4S/c1-10(2)8-12(9-19(4)5)18-15-13(14(16)20)11(3)6-7-17-15/h6-7,10,12H,8-9H2,1-5H3,(H2,16,20)(H,17,18). The summed E-state index contributed by atoms with van der Waals surface area (Å²) in [5.74, 6) is 1.41. The summed E-state index contributed by atoms with van der Waals surface area (Å²) in [4.78, 5) is 6.99. The van der Waals surface area contributed by atoms with E-state index < -0.39 is 0 Å². The molecule has 1 aromatic rings. The van der Waals surface area contributed by atoms with Crippen molar-refractivity contribution in [3.63, 3.8) is 0 Å². The molecule has 0 saturated carbocycles. The van der Waals surface area contributed by atoms with Crippen LogP contribution in [0.25, 0.3) is 0 Å². The first-order valence-corrected chi connectivity index (χ1v) is 7.38. The van der Waals surface area contributed by atoms with Crippen molar-refractivity contribution in [2.24, 2.45) is 11.7 Å². The molecule has 1 rings (SSSR count). The van der Waals surface area contributed by atoms with Crippen LogP contribution in [0, 0.1) is 12.8 Å². The van der Waals surface area contributed by atoms with Gasteiger partial charge in [-0.05, 0) is 45.0 Å². The van der Waals surface area contributed by atoms with Crippen molar-refractivity contribution in [1.29, 1.82) is 0 Å². The van der Waals surface area contributed by atoms with Gasteiger partial charge in [0.1, 0.15) is 10.8 Å². The van der Waals surface area contributed by atoms with Gasteiger partial charge in [0.25, 0.3) is 0 Å². The van der Waals surface area contributed by atoms with Crippen LogP contribution in [-0.4, -0.2) is 41.6 Å². The molecule has 112 valence electrons. The van der Waals surface area contributed by atoms with Crippen molar-refractivity contribution in [3.8, 4) is 0 Å². The van der Waals surface area contributed by atoms with Gasteiger partial charge in [-0.2, -0.15) is 0 Å². The zero-order valence-corrected chi connectivity index (χ0v) is 13.9. The first-order valence-electron chi connectivity index (χ1n) is 6.98. The van der Waals surface area contributed by atoms with Crippen LogP contribution in [0.1, 0.15) is 31.4 Å². The molecule has 0 amide bonds. The van der Waals surface area contributed by atoms with E-state index in [-0.39, 0.29) is 0 Å². The zero-order chi connectivity index (χ0) is 15.3. The number of hydrogen-bond donors (Lipinski definition) is 2.